The Morgan fingerprint density at radius 2 is 2.05 bits per heavy atom. The molecule has 1 heterocycles. The van der Waals surface area contributed by atoms with Crippen LogP contribution < -0.4 is 15.1 Å². The van der Waals surface area contributed by atoms with E-state index in [1.165, 1.54) is 20.3 Å². The van der Waals surface area contributed by atoms with E-state index >= 15 is 0 Å². The fourth-order valence-electron chi connectivity index (χ4n) is 2.02. The van der Waals surface area contributed by atoms with Gasteiger partial charge < -0.3 is 23.7 Å². The van der Waals surface area contributed by atoms with Crippen molar-refractivity contribution in [1.29, 1.82) is 0 Å². The Bertz CT molecular complexity index is 794. The molecule has 2 aromatic rings. The van der Waals surface area contributed by atoms with E-state index < -0.39 is 17.3 Å². The lowest BCUT2D eigenvalue weighted by atomic mass is 10.1. The van der Waals surface area contributed by atoms with E-state index in [2.05, 4.69) is 15.9 Å². The van der Waals surface area contributed by atoms with Gasteiger partial charge in [0, 0.05) is 6.07 Å². The number of phenols is 1. The van der Waals surface area contributed by atoms with Gasteiger partial charge in [-0.3, -0.25) is 0 Å². The van der Waals surface area contributed by atoms with Crippen molar-refractivity contribution in [3.8, 4) is 17.2 Å². The van der Waals surface area contributed by atoms with Gasteiger partial charge in [-0.15, -0.1) is 0 Å². The molecule has 22 heavy (non-hydrogen) atoms. The van der Waals surface area contributed by atoms with Crippen molar-refractivity contribution in [3.63, 3.8) is 0 Å². The average Bonchev–Trinajstić information content (AvgIpc) is 2.49. The summed E-state index contributed by atoms with van der Waals surface area (Å²) in [5.74, 6) is -1.13. The first-order valence-electron chi connectivity index (χ1n) is 6.23. The largest absolute Gasteiger partial charge is 0.506 e. The Labute approximate surface area is 133 Å². The average molecular weight is 373 g/mol. The highest BCUT2D eigenvalue weighted by Gasteiger charge is 2.26. The maximum atomic E-state index is 12.0. The van der Waals surface area contributed by atoms with Crippen molar-refractivity contribution < 1.29 is 28.5 Å². The van der Waals surface area contributed by atoms with Gasteiger partial charge in [0.15, 0.2) is 5.75 Å². The summed E-state index contributed by atoms with van der Waals surface area (Å²) in [6.07, 6.45) is 0. The predicted molar refractivity (Wildman–Crippen MR) is 80.9 cm³/mol. The molecule has 1 aromatic heterocycles. The molecule has 1 aromatic carbocycles. The lowest BCUT2D eigenvalue weighted by Crippen LogP contribution is -2.09. The van der Waals surface area contributed by atoms with Gasteiger partial charge in [0.05, 0.1) is 20.8 Å². The summed E-state index contributed by atoms with van der Waals surface area (Å²) in [7, 11) is 2.64. The minimum atomic E-state index is -0.761. The SMILES string of the molecule is CCOC(=O)c1c(OC)cc2oc(=O)c(Br)c(OC)c2c1O. The third-order valence-electron chi connectivity index (χ3n) is 2.94. The number of rotatable bonds is 4. The number of methoxy groups -OCH3 is 2. The van der Waals surface area contributed by atoms with Crippen LogP contribution in [0.4, 0.5) is 0 Å². The molecule has 8 heteroatoms. The molecule has 0 aliphatic rings. The lowest BCUT2D eigenvalue weighted by molar-refractivity contribution is 0.0519. The number of carbonyl (C=O) groups excluding carboxylic acids is 1. The van der Waals surface area contributed by atoms with Crippen LogP contribution in [0.15, 0.2) is 19.8 Å². The number of benzene rings is 1. The zero-order valence-corrected chi connectivity index (χ0v) is 13.6. The molecule has 0 aliphatic carbocycles. The lowest BCUT2D eigenvalue weighted by Gasteiger charge is -2.14. The molecule has 0 saturated carbocycles. The first-order chi connectivity index (χ1) is 10.5. The van der Waals surface area contributed by atoms with Gasteiger partial charge in [-0.25, -0.2) is 9.59 Å². The van der Waals surface area contributed by atoms with Gasteiger partial charge in [-0.2, -0.15) is 0 Å². The topological polar surface area (TPSA) is 95.2 Å². The Morgan fingerprint density at radius 1 is 1.36 bits per heavy atom. The number of phenolic OH excluding ortho intramolecular Hbond substituents is 1. The number of ether oxygens (including phenoxy) is 3. The first-order valence-corrected chi connectivity index (χ1v) is 7.02. The molecule has 0 radical (unpaired) electrons. The molecule has 0 atom stereocenters. The van der Waals surface area contributed by atoms with Gasteiger partial charge in [-0.05, 0) is 22.9 Å². The normalized spacial score (nSPS) is 10.5. The first kappa shape index (κ1) is 16.2. The molecule has 0 amide bonds. The number of halogens is 1. The number of esters is 1. The maximum Gasteiger partial charge on any atom is 0.354 e. The summed E-state index contributed by atoms with van der Waals surface area (Å²) in [6.45, 7) is 1.77. The van der Waals surface area contributed by atoms with Crippen molar-refractivity contribution in [3.05, 3.63) is 26.5 Å². The van der Waals surface area contributed by atoms with E-state index in [1.54, 1.807) is 6.92 Å². The number of aromatic hydroxyl groups is 1. The highest BCUT2D eigenvalue weighted by molar-refractivity contribution is 9.10. The summed E-state index contributed by atoms with van der Waals surface area (Å²) >= 11 is 3.03. The van der Waals surface area contributed by atoms with Crippen LogP contribution in [0.1, 0.15) is 17.3 Å². The Morgan fingerprint density at radius 3 is 2.59 bits per heavy atom. The Kier molecular flexibility index (Phi) is 4.60. The quantitative estimate of drug-likeness (QED) is 0.650. The van der Waals surface area contributed by atoms with E-state index in [0.717, 1.165) is 0 Å². The van der Waals surface area contributed by atoms with Crippen LogP contribution in [-0.4, -0.2) is 31.9 Å². The molecule has 0 fully saturated rings. The van der Waals surface area contributed by atoms with Crippen LogP contribution in [-0.2, 0) is 4.74 Å². The molecule has 0 saturated heterocycles. The summed E-state index contributed by atoms with van der Waals surface area (Å²) in [4.78, 5) is 23.8. The molecular weight excluding hydrogens is 360 g/mol. The van der Waals surface area contributed by atoms with Crippen molar-refractivity contribution in [2.24, 2.45) is 0 Å². The van der Waals surface area contributed by atoms with Crippen molar-refractivity contribution in [2.75, 3.05) is 20.8 Å². The third kappa shape index (κ3) is 2.50. The molecule has 118 valence electrons. The van der Waals surface area contributed by atoms with Crippen molar-refractivity contribution in [2.45, 2.75) is 6.92 Å². The van der Waals surface area contributed by atoms with E-state index in [0.29, 0.717) is 0 Å². The second-order valence-corrected chi connectivity index (χ2v) is 4.93. The minimum Gasteiger partial charge on any atom is -0.506 e. The summed E-state index contributed by atoms with van der Waals surface area (Å²) in [6, 6.07) is 1.32. The Hall–Kier alpha value is -2.22. The molecule has 1 N–H and O–H groups in total. The molecule has 0 spiro atoms. The maximum absolute atomic E-state index is 12.0. The van der Waals surface area contributed by atoms with E-state index in [4.69, 9.17) is 18.6 Å². The fraction of sp³-hybridized carbons (Fsp3) is 0.286. The molecule has 7 nitrogen and oxygen atoms in total. The van der Waals surface area contributed by atoms with Gasteiger partial charge in [0.25, 0.3) is 0 Å². The van der Waals surface area contributed by atoms with Gasteiger partial charge in [-0.1, -0.05) is 0 Å². The van der Waals surface area contributed by atoms with E-state index in [-0.39, 0.29) is 39.1 Å². The van der Waals surface area contributed by atoms with E-state index in [1.807, 2.05) is 0 Å². The number of hydrogen-bond donors (Lipinski definition) is 1. The van der Waals surface area contributed by atoms with Crippen molar-refractivity contribution >= 4 is 32.9 Å². The third-order valence-corrected chi connectivity index (χ3v) is 3.62. The molecule has 2 rings (SSSR count). The number of hydrogen-bond acceptors (Lipinski definition) is 7. The van der Waals surface area contributed by atoms with Gasteiger partial charge in [0.2, 0.25) is 0 Å². The second kappa shape index (κ2) is 6.27. The predicted octanol–water partition coefficient (Wildman–Crippen LogP) is 2.46. The summed E-state index contributed by atoms with van der Waals surface area (Å²) in [5, 5.41) is 10.5. The van der Waals surface area contributed by atoms with Crippen molar-refractivity contribution in [1.82, 2.24) is 0 Å². The number of fused-ring (bicyclic) bond motifs is 1. The molecule has 0 unspecified atom stereocenters. The van der Waals surface area contributed by atoms with Crippen LogP contribution in [0, 0.1) is 0 Å². The standard InChI is InChI=1S/C14H13BrO7/c1-4-21-13(17)9-6(19-2)5-7-8(11(9)16)12(20-3)10(15)14(18)22-7/h5,16H,4H2,1-3H3. The molecular formula is C14H13BrO7. The fourth-order valence-corrected chi connectivity index (χ4v) is 2.46. The smallest absolute Gasteiger partial charge is 0.354 e. The second-order valence-electron chi connectivity index (χ2n) is 4.13. The monoisotopic (exact) mass is 372 g/mol. The van der Waals surface area contributed by atoms with Crippen LogP contribution >= 0.6 is 15.9 Å². The number of carbonyl (C=O) groups is 1. The molecule has 0 bridgehead atoms. The highest BCUT2D eigenvalue weighted by Crippen LogP contribution is 2.42. The minimum absolute atomic E-state index is 0.00206. The van der Waals surface area contributed by atoms with E-state index in [9.17, 15) is 14.7 Å². The molecule has 0 aliphatic heterocycles. The van der Waals surface area contributed by atoms with Gasteiger partial charge >= 0.3 is 11.6 Å². The van der Waals surface area contributed by atoms with Crippen LogP contribution in [0.25, 0.3) is 11.0 Å². The summed E-state index contributed by atoms with van der Waals surface area (Å²) in [5.41, 5.74) is -0.835. The van der Waals surface area contributed by atoms with Crippen LogP contribution in [0.5, 0.6) is 17.2 Å². The summed E-state index contributed by atoms with van der Waals surface area (Å²) < 4.78 is 20.2. The van der Waals surface area contributed by atoms with Gasteiger partial charge in [0.1, 0.15) is 32.5 Å². The zero-order chi connectivity index (χ0) is 16.4. The highest BCUT2D eigenvalue weighted by atomic mass is 79.9. The zero-order valence-electron chi connectivity index (χ0n) is 12.1. The Balaban J connectivity index is 2.93. The van der Waals surface area contributed by atoms with Crippen LogP contribution in [0.2, 0.25) is 0 Å². The van der Waals surface area contributed by atoms with Crippen LogP contribution in [0.3, 0.4) is 0 Å².